The number of carbonyl (C=O) groups excluding carboxylic acids is 1. The number of rotatable bonds is 7. The van der Waals surface area contributed by atoms with Gasteiger partial charge in [-0.2, -0.15) is 20.1 Å². The number of nitrogens with one attached hydrogen (secondary N) is 1. The van der Waals surface area contributed by atoms with E-state index in [4.69, 9.17) is 4.74 Å². The van der Waals surface area contributed by atoms with Gasteiger partial charge in [0.2, 0.25) is 11.9 Å². The highest BCUT2D eigenvalue weighted by Crippen LogP contribution is 2.21. The first-order valence-corrected chi connectivity index (χ1v) is 9.80. The Balaban J connectivity index is 1.91. The lowest BCUT2D eigenvalue weighted by Crippen LogP contribution is -2.38. The molecule has 0 fully saturated rings. The molecule has 30 heavy (non-hydrogen) atoms. The van der Waals surface area contributed by atoms with Crippen molar-refractivity contribution >= 4 is 34.9 Å². The minimum absolute atomic E-state index is 0.0619. The van der Waals surface area contributed by atoms with E-state index in [1.54, 1.807) is 17.0 Å². The maximum atomic E-state index is 11.9. The van der Waals surface area contributed by atoms with Crippen LogP contribution in [0.1, 0.15) is 45.0 Å². The molecule has 0 aliphatic heterocycles. The number of methoxy groups -OCH3 is 1. The first-order chi connectivity index (χ1) is 14.3. The summed E-state index contributed by atoms with van der Waals surface area (Å²) in [6, 6.07) is 8.27. The molecule has 2 aromatic heterocycles. The van der Waals surface area contributed by atoms with Crippen molar-refractivity contribution in [1.82, 2.24) is 19.5 Å². The Morgan fingerprint density at radius 3 is 2.50 bits per heavy atom. The SMILES string of the molecule is COc1nc(N/N=C/c2cn(C(C)=O)c3ccccc23)nc(N(C(C)C)C(C)C)n1. The number of aromatic nitrogens is 4. The number of fused-ring (bicyclic) bond motifs is 1. The van der Waals surface area contributed by atoms with Crippen LogP contribution in [-0.2, 0) is 0 Å². The van der Waals surface area contributed by atoms with E-state index in [-0.39, 0.29) is 29.9 Å². The number of para-hydroxylation sites is 1. The first kappa shape index (κ1) is 21.2. The van der Waals surface area contributed by atoms with Gasteiger partial charge in [0.05, 0.1) is 18.8 Å². The van der Waals surface area contributed by atoms with E-state index in [0.29, 0.717) is 5.95 Å². The predicted octanol–water partition coefficient (Wildman–Crippen LogP) is 3.56. The fraction of sp³-hybridized carbons (Fsp3) is 0.381. The van der Waals surface area contributed by atoms with Crippen LogP contribution in [0, 0.1) is 0 Å². The third-order valence-corrected chi connectivity index (χ3v) is 4.58. The second-order valence-electron chi connectivity index (χ2n) is 7.40. The molecule has 0 saturated carbocycles. The fourth-order valence-corrected chi connectivity index (χ4v) is 3.39. The van der Waals surface area contributed by atoms with Gasteiger partial charge in [0.25, 0.3) is 5.95 Å². The van der Waals surface area contributed by atoms with Crippen LogP contribution in [0.25, 0.3) is 10.9 Å². The Morgan fingerprint density at radius 1 is 1.17 bits per heavy atom. The van der Waals surface area contributed by atoms with Crippen molar-refractivity contribution in [1.29, 1.82) is 0 Å². The topological polar surface area (TPSA) is 97.5 Å². The average molecular weight is 409 g/mol. The van der Waals surface area contributed by atoms with Gasteiger partial charge in [0, 0.05) is 36.2 Å². The van der Waals surface area contributed by atoms with Crippen LogP contribution in [0.4, 0.5) is 11.9 Å². The van der Waals surface area contributed by atoms with E-state index >= 15 is 0 Å². The molecule has 1 N–H and O–H groups in total. The molecule has 9 heteroatoms. The Hall–Kier alpha value is -3.49. The summed E-state index contributed by atoms with van der Waals surface area (Å²) < 4.78 is 6.84. The van der Waals surface area contributed by atoms with Crippen molar-refractivity contribution < 1.29 is 9.53 Å². The maximum Gasteiger partial charge on any atom is 0.322 e. The number of anilines is 2. The minimum Gasteiger partial charge on any atom is -0.467 e. The van der Waals surface area contributed by atoms with Crippen LogP contribution in [0.3, 0.4) is 0 Å². The third-order valence-electron chi connectivity index (χ3n) is 4.58. The van der Waals surface area contributed by atoms with E-state index in [1.807, 2.05) is 24.3 Å². The predicted molar refractivity (Wildman–Crippen MR) is 119 cm³/mol. The number of nitrogens with zero attached hydrogens (tertiary/aromatic N) is 6. The van der Waals surface area contributed by atoms with E-state index in [1.165, 1.54) is 14.0 Å². The van der Waals surface area contributed by atoms with E-state index in [0.717, 1.165) is 16.5 Å². The van der Waals surface area contributed by atoms with E-state index in [2.05, 4.69) is 58.1 Å². The number of hydrogen-bond acceptors (Lipinski definition) is 8. The molecule has 158 valence electrons. The summed E-state index contributed by atoms with van der Waals surface area (Å²) in [6.45, 7) is 9.83. The average Bonchev–Trinajstić information content (AvgIpc) is 3.06. The number of hydrazone groups is 1. The van der Waals surface area contributed by atoms with Gasteiger partial charge in [-0.3, -0.25) is 9.36 Å². The lowest BCUT2D eigenvalue weighted by atomic mass is 10.2. The summed E-state index contributed by atoms with van der Waals surface area (Å²) in [6.07, 6.45) is 3.40. The molecular formula is C21H27N7O2. The van der Waals surface area contributed by atoms with Crippen LogP contribution in [-0.4, -0.2) is 50.8 Å². The normalized spacial score (nSPS) is 11.6. The summed E-state index contributed by atoms with van der Waals surface area (Å²) in [5.41, 5.74) is 4.49. The van der Waals surface area contributed by atoms with Gasteiger partial charge in [-0.05, 0) is 33.8 Å². The molecule has 0 radical (unpaired) electrons. The molecule has 0 unspecified atom stereocenters. The van der Waals surface area contributed by atoms with Gasteiger partial charge >= 0.3 is 6.01 Å². The minimum atomic E-state index is -0.0619. The second kappa shape index (κ2) is 8.89. The molecule has 9 nitrogen and oxygen atoms in total. The molecule has 0 saturated heterocycles. The highest BCUT2D eigenvalue weighted by Gasteiger charge is 2.19. The summed E-state index contributed by atoms with van der Waals surface area (Å²) >= 11 is 0. The first-order valence-electron chi connectivity index (χ1n) is 9.80. The monoisotopic (exact) mass is 409 g/mol. The summed E-state index contributed by atoms with van der Waals surface area (Å²) in [5.74, 6) is 0.723. The van der Waals surface area contributed by atoms with Crippen LogP contribution in [0.2, 0.25) is 0 Å². The Kier molecular flexibility index (Phi) is 6.29. The van der Waals surface area contributed by atoms with Crippen molar-refractivity contribution in [2.75, 3.05) is 17.4 Å². The van der Waals surface area contributed by atoms with Crippen LogP contribution in [0.5, 0.6) is 6.01 Å². The summed E-state index contributed by atoms with van der Waals surface area (Å²) in [7, 11) is 1.51. The molecule has 0 bridgehead atoms. The fourth-order valence-electron chi connectivity index (χ4n) is 3.39. The van der Waals surface area contributed by atoms with Crippen LogP contribution < -0.4 is 15.1 Å². The third kappa shape index (κ3) is 4.40. The van der Waals surface area contributed by atoms with Gasteiger partial charge in [0.15, 0.2) is 0 Å². The molecule has 0 amide bonds. The quantitative estimate of drug-likeness (QED) is 0.471. The Labute approximate surface area is 175 Å². The largest absolute Gasteiger partial charge is 0.467 e. The van der Waals surface area contributed by atoms with Crippen molar-refractivity contribution in [3.63, 3.8) is 0 Å². The van der Waals surface area contributed by atoms with E-state index < -0.39 is 0 Å². The van der Waals surface area contributed by atoms with Crippen molar-refractivity contribution in [2.24, 2.45) is 5.10 Å². The lowest BCUT2D eigenvalue weighted by Gasteiger charge is -2.30. The summed E-state index contributed by atoms with van der Waals surface area (Å²) in [5, 5.41) is 5.20. The van der Waals surface area contributed by atoms with Crippen molar-refractivity contribution in [2.45, 2.75) is 46.7 Å². The molecule has 2 heterocycles. The number of hydrogen-bond donors (Lipinski definition) is 1. The number of ether oxygens (including phenoxy) is 1. The maximum absolute atomic E-state index is 11.9. The zero-order chi connectivity index (χ0) is 21.8. The molecular weight excluding hydrogens is 382 g/mol. The molecule has 3 rings (SSSR count). The highest BCUT2D eigenvalue weighted by molar-refractivity contribution is 6.03. The van der Waals surface area contributed by atoms with Gasteiger partial charge < -0.3 is 9.64 Å². The molecule has 3 aromatic rings. The summed E-state index contributed by atoms with van der Waals surface area (Å²) in [4.78, 5) is 27.1. The Bertz CT molecular complexity index is 1060. The van der Waals surface area contributed by atoms with Gasteiger partial charge in [-0.15, -0.1) is 0 Å². The van der Waals surface area contributed by atoms with Crippen molar-refractivity contribution in [3.8, 4) is 6.01 Å². The van der Waals surface area contributed by atoms with Gasteiger partial charge in [0.1, 0.15) is 0 Å². The van der Waals surface area contributed by atoms with Crippen molar-refractivity contribution in [3.05, 3.63) is 36.0 Å². The lowest BCUT2D eigenvalue weighted by molar-refractivity contribution is 0.0941. The van der Waals surface area contributed by atoms with Crippen LogP contribution in [0.15, 0.2) is 35.6 Å². The highest BCUT2D eigenvalue weighted by atomic mass is 16.5. The van der Waals surface area contributed by atoms with Gasteiger partial charge in [-0.1, -0.05) is 18.2 Å². The molecule has 1 aromatic carbocycles. The van der Waals surface area contributed by atoms with E-state index in [9.17, 15) is 4.79 Å². The zero-order valence-corrected chi connectivity index (χ0v) is 18.1. The van der Waals surface area contributed by atoms with Gasteiger partial charge in [-0.25, -0.2) is 5.43 Å². The smallest absolute Gasteiger partial charge is 0.322 e. The molecule has 0 aliphatic carbocycles. The van der Waals surface area contributed by atoms with Crippen LogP contribution >= 0.6 is 0 Å². The number of carbonyl (C=O) groups is 1. The Morgan fingerprint density at radius 2 is 1.87 bits per heavy atom. The zero-order valence-electron chi connectivity index (χ0n) is 18.1. The molecule has 0 aliphatic rings. The molecule has 0 atom stereocenters. The standard InChI is InChI=1S/C21H27N7O2/c1-13(2)28(14(3)4)20-23-19(24-21(25-20)30-6)26-22-11-16-12-27(15(5)29)18-10-8-7-9-17(16)18/h7-14H,1-6H3,(H,23,24,25,26)/b22-11+. The second-order valence-corrected chi connectivity index (χ2v) is 7.40. The molecule has 0 spiro atoms. The number of benzene rings is 1.